The average Bonchev–Trinajstić information content (AvgIpc) is 3.08. The highest BCUT2D eigenvalue weighted by Crippen LogP contribution is 2.38. The molecule has 0 N–H and O–H groups in total. The molecule has 0 aromatic rings. The van der Waals surface area contributed by atoms with Crippen molar-refractivity contribution in [2.75, 3.05) is 47.5 Å². The quantitative estimate of drug-likeness (QED) is 0.0154. The highest BCUT2D eigenvalue weighted by molar-refractivity contribution is 7.45. The van der Waals surface area contributed by atoms with Crippen LogP contribution in [0.4, 0.5) is 0 Å². The number of likely N-dealkylation sites (N-methyl/N-ethyl adjacent to an activating group) is 1. The van der Waals surface area contributed by atoms with Gasteiger partial charge in [0.1, 0.15) is 19.8 Å². The highest BCUT2D eigenvalue weighted by atomic mass is 31.2. The van der Waals surface area contributed by atoms with Gasteiger partial charge in [-0.05, 0) is 51.0 Å². The number of phosphoric acid groups is 1. The molecule has 0 aromatic heterocycles. The Morgan fingerprint density at radius 2 is 1.04 bits per heavy atom. The zero-order valence-corrected chi connectivity index (χ0v) is 35.0. The van der Waals surface area contributed by atoms with Crippen LogP contribution in [0.3, 0.4) is 0 Å². The van der Waals surface area contributed by atoms with Gasteiger partial charge >= 0.3 is 5.97 Å². The molecule has 0 fully saturated rings. The van der Waals surface area contributed by atoms with Crippen molar-refractivity contribution in [3.8, 4) is 0 Å². The number of phosphoric ester groups is 1. The van der Waals surface area contributed by atoms with E-state index in [0.717, 1.165) is 44.9 Å². The van der Waals surface area contributed by atoms with E-state index in [1.807, 2.05) is 27.2 Å². The number of quaternary nitrogens is 1. The summed E-state index contributed by atoms with van der Waals surface area (Å²) < 4.78 is 34.3. The highest BCUT2D eigenvalue weighted by Gasteiger charge is 2.20. The van der Waals surface area contributed by atoms with Crippen molar-refractivity contribution in [2.45, 2.75) is 193 Å². The van der Waals surface area contributed by atoms with E-state index in [1.165, 1.54) is 122 Å². The van der Waals surface area contributed by atoms with E-state index in [0.29, 0.717) is 11.0 Å². The van der Waals surface area contributed by atoms with Crippen LogP contribution in [-0.4, -0.2) is 64.1 Å². The molecular weight excluding hydrogens is 661 g/mol. The first-order valence-electron chi connectivity index (χ1n) is 21.1. The number of rotatable bonds is 39. The molecule has 302 valence electrons. The average molecular weight is 744 g/mol. The van der Waals surface area contributed by atoms with Gasteiger partial charge in [0.15, 0.2) is 6.10 Å². The van der Waals surface area contributed by atoms with Crippen LogP contribution in [0.2, 0.25) is 0 Å². The first kappa shape index (κ1) is 49.8. The van der Waals surface area contributed by atoms with E-state index in [9.17, 15) is 14.3 Å². The maximum atomic E-state index is 12.6. The zero-order valence-electron chi connectivity index (χ0n) is 34.1. The van der Waals surface area contributed by atoms with Gasteiger partial charge in [-0.25, -0.2) is 0 Å². The summed E-state index contributed by atoms with van der Waals surface area (Å²) in [5.41, 5.74) is 0. The summed E-state index contributed by atoms with van der Waals surface area (Å²) in [4.78, 5) is 24.9. The predicted octanol–water partition coefficient (Wildman–Crippen LogP) is 11.8. The molecule has 9 heteroatoms. The van der Waals surface area contributed by atoms with E-state index in [2.05, 4.69) is 26.0 Å². The molecule has 51 heavy (non-hydrogen) atoms. The summed E-state index contributed by atoms with van der Waals surface area (Å²) in [6.07, 6.45) is 39.9. The standard InChI is InChI=1S/C42H82NO7P/c1-6-8-10-12-14-16-18-20-21-22-24-26-28-30-32-34-37-47-39-41(40-49-51(45,46)48-38-36-43(3,4)5)50-42(44)35-33-31-29-27-25-23-19-17-15-13-11-9-7-2/h23,25,34,37,41H,6-22,24,26-33,35-36,38-40H2,1-5H3/b25-23+,37-34+/t41-/m1/s1. The number of unbranched alkanes of at least 4 members (excludes halogenated alkanes) is 23. The third-order valence-corrected chi connectivity index (χ3v) is 10.0. The van der Waals surface area contributed by atoms with Crippen molar-refractivity contribution < 1.29 is 37.3 Å². The fourth-order valence-corrected chi connectivity index (χ4v) is 6.47. The van der Waals surface area contributed by atoms with Gasteiger partial charge in [-0.3, -0.25) is 9.36 Å². The molecule has 0 rings (SSSR count). The lowest BCUT2D eigenvalue weighted by Gasteiger charge is -2.28. The molecule has 0 aliphatic rings. The lowest BCUT2D eigenvalue weighted by Crippen LogP contribution is -2.37. The minimum atomic E-state index is -4.54. The van der Waals surface area contributed by atoms with Gasteiger partial charge in [0.05, 0.1) is 34.0 Å². The Balaban J connectivity index is 4.31. The summed E-state index contributed by atoms with van der Waals surface area (Å²) in [6.45, 7) is 4.72. The van der Waals surface area contributed by atoms with Crippen LogP contribution in [0.15, 0.2) is 24.5 Å². The van der Waals surface area contributed by atoms with Gasteiger partial charge in [-0.2, -0.15) is 0 Å². The Hall–Kier alpha value is -1.18. The van der Waals surface area contributed by atoms with Crippen molar-refractivity contribution in [1.82, 2.24) is 0 Å². The monoisotopic (exact) mass is 744 g/mol. The first-order chi connectivity index (χ1) is 24.6. The lowest BCUT2D eigenvalue weighted by molar-refractivity contribution is -0.870. The number of carbonyl (C=O) groups excluding carboxylic acids is 1. The van der Waals surface area contributed by atoms with Crippen molar-refractivity contribution in [1.29, 1.82) is 0 Å². The molecular formula is C42H82NO7P. The molecule has 0 radical (unpaired) electrons. The summed E-state index contributed by atoms with van der Waals surface area (Å²) in [5.74, 6) is -0.371. The van der Waals surface area contributed by atoms with Gasteiger partial charge in [0, 0.05) is 6.42 Å². The molecule has 0 saturated heterocycles. The molecule has 2 atom stereocenters. The van der Waals surface area contributed by atoms with Crippen LogP contribution < -0.4 is 4.89 Å². The fourth-order valence-electron chi connectivity index (χ4n) is 5.74. The number of hydrogen-bond donors (Lipinski definition) is 0. The number of hydrogen-bond acceptors (Lipinski definition) is 7. The van der Waals surface area contributed by atoms with Crippen molar-refractivity contribution >= 4 is 13.8 Å². The largest absolute Gasteiger partial charge is 0.756 e. The molecule has 0 saturated carbocycles. The molecule has 0 aliphatic heterocycles. The maximum absolute atomic E-state index is 12.6. The molecule has 0 bridgehead atoms. The number of ether oxygens (including phenoxy) is 2. The molecule has 0 aromatic carbocycles. The minimum absolute atomic E-state index is 0.0153. The summed E-state index contributed by atoms with van der Waals surface area (Å²) >= 11 is 0. The fraction of sp³-hybridized carbons (Fsp3) is 0.881. The second kappa shape index (κ2) is 35.8. The normalized spacial score (nSPS) is 14.0. The smallest absolute Gasteiger partial charge is 0.306 e. The van der Waals surface area contributed by atoms with Gasteiger partial charge in [0.2, 0.25) is 0 Å². The molecule has 8 nitrogen and oxygen atoms in total. The Bertz CT molecular complexity index is 874. The number of allylic oxidation sites excluding steroid dienone is 3. The van der Waals surface area contributed by atoms with Crippen molar-refractivity contribution in [2.24, 2.45) is 0 Å². The Morgan fingerprint density at radius 3 is 1.51 bits per heavy atom. The van der Waals surface area contributed by atoms with Gasteiger partial charge < -0.3 is 27.9 Å². The number of carbonyl (C=O) groups is 1. The minimum Gasteiger partial charge on any atom is -0.756 e. The van der Waals surface area contributed by atoms with Crippen LogP contribution in [0.5, 0.6) is 0 Å². The third-order valence-electron chi connectivity index (χ3n) is 9.07. The zero-order chi connectivity index (χ0) is 37.7. The van der Waals surface area contributed by atoms with Gasteiger partial charge in [-0.15, -0.1) is 0 Å². The van der Waals surface area contributed by atoms with Crippen LogP contribution >= 0.6 is 7.82 Å². The predicted molar refractivity (Wildman–Crippen MR) is 213 cm³/mol. The maximum Gasteiger partial charge on any atom is 0.306 e. The Labute approximate surface area is 315 Å². The molecule has 0 heterocycles. The molecule has 0 spiro atoms. The van der Waals surface area contributed by atoms with Gasteiger partial charge in [-0.1, -0.05) is 148 Å². The number of esters is 1. The second-order valence-electron chi connectivity index (χ2n) is 15.4. The van der Waals surface area contributed by atoms with Gasteiger partial charge in [0.25, 0.3) is 7.82 Å². The summed E-state index contributed by atoms with van der Waals surface area (Å²) in [7, 11) is 1.32. The topological polar surface area (TPSA) is 94.1 Å². The Kier molecular flexibility index (Phi) is 35.0. The second-order valence-corrected chi connectivity index (χ2v) is 16.8. The lowest BCUT2D eigenvalue weighted by atomic mass is 10.0. The molecule has 1 unspecified atom stereocenters. The first-order valence-corrected chi connectivity index (χ1v) is 22.6. The summed E-state index contributed by atoms with van der Waals surface area (Å²) in [6, 6.07) is 0. The van der Waals surface area contributed by atoms with Crippen molar-refractivity contribution in [3.05, 3.63) is 24.5 Å². The molecule has 0 aliphatic carbocycles. The SMILES string of the molecule is CCCCCCCC/C=C/CCCCCC(=O)O[C@H](CO/C=C/CCCCCCCCCCCCCCCC)COP(=O)([O-])OCC[N+](C)(C)C. The van der Waals surface area contributed by atoms with E-state index >= 15 is 0 Å². The third kappa shape index (κ3) is 39.9. The van der Waals surface area contributed by atoms with E-state index in [1.54, 1.807) is 6.26 Å². The van der Waals surface area contributed by atoms with E-state index < -0.39 is 13.9 Å². The number of nitrogens with zero attached hydrogens (tertiary/aromatic N) is 1. The molecule has 0 amide bonds. The van der Waals surface area contributed by atoms with Crippen molar-refractivity contribution in [3.63, 3.8) is 0 Å². The van der Waals surface area contributed by atoms with Crippen LogP contribution in [-0.2, 0) is 27.9 Å². The van der Waals surface area contributed by atoms with E-state index in [4.69, 9.17) is 18.5 Å². The van der Waals surface area contributed by atoms with Crippen LogP contribution in [0.25, 0.3) is 0 Å². The van der Waals surface area contributed by atoms with Crippen LogP contribution in [0.1, 0.15) is 187 Å². The van der Waals surface area contributed by atoms with Crippen LogP contribution in [0, 0.1) is 0 Å². The summed E-state index contributed by atoms with van der Waals surface area (Å²) in [5, 5.41) is 0. The van der Waals surface area contributed by atoms with E-state index in [-0.39, 0.29) is 32.2 Å². The Morgan fingerprint density at radius 1 is 0.608 bits per heavy atom.